The fraction of sp³-hybridized carbons (Fsp3) is 0.316. The Balaban J connectivity index is 2.24. The molecule has 1 atom stereocenters. The third-order valence-electron chi connectivity index (χ3n) is 4.74. The van der Waals surface area contributed by atoms with E-state index in [4.69, 9.17) is 0 Å². The second-order valence-corrected chi connectivity index (χ2v) is 6.39. The van der Waals surface area contributed by atoms with Gasteiger partial charge in [0.15, 0.2) is 5.82 Å². The van der Waals surface area contributed by atoms with Crippen LogP contribution in [0.25, 0.3) is 0 Å². The lowest BCUT2D eigenvalue weighted by Gasteiger charge is -2.36. The molecule has 0 spiro atoms. The van der Waals surface area contributed by atoms with Gasteiger partial charge in [0, 0.05) is 6.04 Å². The first-order valence-corrected chi connectivity index (χ1v) is 8.16. The summed E-state index contributed by atoms with van der Waals surface area (Å²) in [6, 6.07) is 21.2. The van der Waals surface area contributed by atoms with Crippen LogP contribution in [0.3, 0.4) is 0 Å². The zero-order chi connectivity index (χ0) is 17.0. The Morgan fingerprint density at radius 1 is 0.958 bits per heavy atom. The molecule has 24 heavy (non-hydrogen) atoms. The van der Waals surface area contributed by atoms with Crippen molar-refractivity contribution >= 4 is 0 Å². The second-order valence-electron chi connectivity index (χ2n) is 6.39. The number of H-pyrrole nitrogens is 1. The van der Waals surface area contributed by atoms with Crippen LogP contribution in [0.5, 0.6) is 0 Å². The standard InChI is InChI=1S/C19H23N5/c1-15(24(2)3)14-19(18-20-22-23-21-18,16-10-6-4-7-11-16)17-12-8-5-9-13-17/h4-13,15H,14H2,1-3H3,(H,20,21,22,23). The number of aromatic amines is 1. The van der Waals surface area contributed by atoms with Crippen molar-refractivity contribution in [2.24, 2.45) is 0 Å². The van der Waals surface area contributed by atoms with Gasteiger partial charge in [0.1, 0.15) is 0 Å². The summed E-state index contributed by atoms with van der Waals surface area (Å²) < 4.78 is 0. The normalized spacial score (nSPS) is 13.2. The molecule has 1 heterocycles. The number of rotatable bonds is 6. The maximum atomic E-state index is 4.39. The van der Waals surface area contributed by atoms with Crippen LogP contribution in [0.2, 0.25) is 0 Å². The van der Waals surface area contributed by atoms with E-state index in [9.17, 15) is 0 Å². The van der Waals surface area contributed by atoms with Crippen LogP contribution in [-0.4, -0.2) is 45.7 Å². The molecule has 1 N–H and O–H groups in total. The third-order valence-corrected chi connectivity index (χ3v) is 4.74. The van der Waals surface area contributed by atoms with Crippen LogP contribution < -0.4 is 0 Å². The molecular formula is C19H23N5. The summed E-state index contributed by atoms with van der Waals surface area (Å²) in [6.07, 6.45) is 0.855. The van der Waals surface area contributed by atoms with Gasteiger partial charge in [-0.15, -0.1) is 10.2 Å². The van der Waals surface area contributed by atoms with Crippen molar-refractivity contribution in [3.05, 3.63) is 77.6 Å². The van der Waals surface area contributed by atoms with Gasteiger partial charge in [0.2, 0.25) is 0 Å². The Bertz CT molecular complexity index is 698. The number of benzene rings is 2. The van der Waals surface area contributed by atoms with E-state index in [2.05, 4.69) is 95.1 Å². The lowest BCUT2D eigenvalue weighted by molar-refractivity contribution is 0.267. The van der Waals surface area contributed by atoms with Gasteiger partial charge in [-0.3, -0.25) is 0 Å². The molecule has 124 valence electrons. The van der Waals surface area contributed by atoms with E-state index < -0.39 is 5.41 Å². The molecule has 0 amide bonds. The summed E-state index contributed by atoms with van der Waals surface area (Å²) in [6.45, 7) is 2.22. The summed E-state index contributed by atoms with van der Waals surface area (Å²) >= 11 is 0. The van der Waals surface area contributed by atoms with Gasteiger partial charge >= 0.3 is 0 Å². The summed E-state index contributed by atoms with van der Waals surface area (Å²) in [4.78, 5) is 2.22. The van der Waals surface area contributed by atoms with E-state index in [1.807, 2.05) is 12.1 Å². The van der Waals surface area contributed by atoms with E-state index in [0.29, 0.717) is 11.9 Å². The fourth-order valence-corrected chi connectivity index (χ4v) is 3.17. The van der Waals surface area contributed by atoms with E-state index in [1.165, 1.54) is 11.1 Å². The van der Waals surface area contributed by atoms with Crippen LogP contribution >= 0.6 is 0 Å². The number of aromatic nitrogens is 4. The van der Waals surface area contributed by atoms with Crippen molar-refractivity contribution < 1.29 is 0 Å². The highest BCUT2D eigenvalue weighted by atomic mass is 15.5. The molecule has 2 aromatic carbocycles. The lowest BCUT2D eigenvalue weighted by atomic mass is 9.69. The van der Waals surface area contributed by atoms with Crippen molar-refractivity contribution in [1.82, 2.24) is 25.5 Å². The van der Waals surface area contributed by atoms with Gasteiger partial charge in [0.25, 0.3) is 0 Å². The van der Waals surface area contributed by atoms with Gasteiger partial charge in [-0.25, -0.2) is 0 Å². The van der Waals surface area contributed by atoms with Crippen molar-refractivity contribution in [3.8, 4) is 0 Å². The highest BCUT2D eigenvalue weighted by Crippen LogP contribution is 2.41. The summed E-state index contributed by atoms with van der Waals surface area (Å²) in [5.74, 6) is 0.702. The molecule has 0 aliphatic rings. The number of nitrogens with one attached hydrogen (secondary N) is 1. The van der Waals surface area contributed by atoms with Gasteiger partial charge in [-0.05, 0) is 38.6 Å². The molecular weight excluding hydrogens is 298 g/mol. The summed E-state index contributed by atoms with van der Waals surface area (Å²) in [5, 5.41) is 15.3. The minimum atomic E-state index is -0.445. The minimum absolute atomic E-state index is 0.337. The van der Waals surface area contributed by atoms with Crippen molar-refractivity contribution in [1.29, 1.82) is 0 Å². The van der Waals surface area contributed by atoms with Crippen molar-refractivity contribution in [2.45, 2.75) is 24.8 Å². The van der Waals surface area contributed by atoms with Crippen molar-refractivity contribution in [3.63, 3.8) is 0 Å². The molecule has 0 radical (unpaired) electrons. The van der Waals surface area contributed by atoms with E-state index >= 15 is 0 Å². The quantitative estimate of drug-likeness (QED) is 0.758. The predicted octanol–water partition coefficient (Wildman–Crippen LogP) is 2.87. The smallest absolute Gasteiger partial charge is 0.189 e. The van der Waals surface area contributed by atoms with Gasteiger partial charge in [-0.2, -0.15) is 5.21 Å². The third kappa shape index (κ3) is 2.95. The number of hydrogen-bond donors (Lipinski definition) is 1. The first-order valence-electron chi connectivity index (χ1n) is 8.16. The van der Waals surface area contributed by atoms with Crippen LogP contribution in [0.1, 0.15) is 30.3 Å². The van der Waals surface area contributed by atoms with Crippen LogP contribution in [0.4, 0.5) is 0 Å². The Morgan fingerprint density at radius 2 is 1.50 bits per heavy atom. The molecule has 0 saturated heterocycles. The molecule has 5 nitrogen and oxygen atoms in total. The van der Waals surface area contributed by atoms with E-state index in [1.54, 1.807) is 0 Å². The van der Waals surface area contributed by atoms with Crippen molar-refractivity contribution in [2.75, 3.05) is 14.1 Å². The average Bonchev–Trinajstić information content (AvgIpc) is 3.16. The zero-order valence-electron chi connectivity index (χ0n) is 14.3. The molecule has 0 aliphatic heterocycles. The van der Waals surface area contributed by atoms with Crippen LogP contribution in [0, 0.1) is 0 Å². The Labute approximate surface area is 142 Å². The Hall–Kier alpha value is -2.53. The molecule has 0 saturated carbocycles. The van der Waals surface area contributed by atoms with Crippen LogP contribution in [0.15, 0.2) is 60.7 Å². The topological polar surface area (TPSA) is 57.7 Å². The maximum Gasteiger partial charge on any atom is 0.189 e. The number of nitrogens with zero attached hydrogens (tertiary/aromatic N) is 4. The lowest BCUT2D eigenvalue weighted by Crippen LogP contribution is -2.39. The largest absolute Gasteiger partial charge is 0.307 e. The Morgan fingerprint density at radius 3 is 1.92 bits per heavy atom. The zero-order valence-corrected chi connectivity index (χ0v) is 14.3. The molecule has 1 unspecified atom stereocenters. The highest BCUT2D eigenvalue weighted by molar-refractivity contribution is 5.45. The summed E-state index contributed by atoms with van der Waals surface area (Å²) in [7, 11) is 4.20. The molecule has 1 aromatic heterocycles. The van der Waals surface area contributed by atoms with Gasteiger partial charge < -0.3 is 4.90 Å². The monoisotopic (exact) mass is 321 g/mol. The van der Waals surface area contributed by atoms with Gasteiger partial charge in [-0.1, -0.05) is 65.9 Å². The van der Waals surface area contributed by atoms with E-state index in [-0.39, 0.29) is 0 Å². The molecule has 5 heteroatoms. The molecule has 0 fully saturated rings. The highest BCUT2D eigenvalue weighted by Gasteiger charge is 2.41. The minimum Gasteiger partial charge on any atom is -0.307 e. The van der Waals surface area contributed by atoms with Gasteiger partial charge in [0.05, 0.1) is 5.41 Å². The average molecular weight is 321 g/mol. The first-order chi connectivity index (χ1) is 11.6. The predicted molar refractivity (Wildman–Crippen MR) is 94.7 cm³/mol. The maximum absolute atomic E-state index is 4.39. The summed E-state index contributed by atoms with van der Waals surface area (Å²) in [5.41, 5.74) is 1.90. The number of tetrazole rings is 1. The fourth-order valence-electron chi connectivity index (χ4n) is 3.17. The number of hydrogen-bond acceptors (Lipinski definition) is 4. The van der Waals surface area contributed by atoms with Crippen LogP contribution in [-0.2, 0) is 5.41 Å². The Kier molecular flexibility index (Phi) is 4.71. The van der Waals surface area contributed by atoms with E-state index in [0.717, 1.165) is 6.42 Å². The molecule has 0 bridgehead atoms. The second kappa shape index (κ2) is 6.93. The SMILES string of the molecule is CC(CC(c1ccccc1)(c1ccccc1)c1nn[nH]n1)N(C)C. The molecule has 0 aliphatic carbocycles. The first kappa shape index (κ1) is 16.3. The molecule has 3 rings (SSSR count). The molecule has 3 aromatic rings.